The lowest BCUT2D eigenvalue weighted by atomic mass is 9.95. The van der Waals surface area contributed by atoms with Gasteiger partial charge in [-0.05, 0) is 18.1 Å². The van der Waals surface area contributed by atoms with Crippen LogP contribution < -0.4 is 10.5 Å². The predicted octanol–water partition coefficient (Wildman–Crippen LogP) is 2.64. The molecule has 1 aromatic carbocycles. The number of nitrogens with two attached hydrogens (primary N) is 1. The highest BCUT2D eigenvalue weighted by atomic mass is 16.5. The normalized spacial score (nSPS) is 12.6. The zero-order valence-corrected chi connectivity index (χ0v) is 11.2. The number of hydrogen-bond acceptors (Lipinski definition) is 2. The van der Waals surface area contributed by atoms with E-state index in [1.807, 2.05) is 18.2 Å². The minimum absolute atomic E-state index is 0.0548. The molecule has 0 saturated heterocycles. The van der Waals surface area contributed by atoms with Crippen molar-refractivity contribution in [3.63, 3.8) is 0 Å². The van der Waals surface area contributed by atoms with E-state index in [9.17, 15) is 0 Å². The summed E-state index contributed by atoms with van der Waals surface area (Å²) in [5, 5.41) is 0. The molecule has 0 aromatic heterocycles. The van der Waals surface area contributed by atoms with Crippen molar-refractivity contribution in [1.82, 2.24) is 0 Å². The standard InChI is InChI=1S/C14H22N2O/c1-14(2,3)13(15)16-10-9-11-7-5-6-8-12(11)17-4/h5-8H,9-10H2,1-4H3,(H2,15,16). The van der Waals surface area contributed by atoms with Gasteiger partial charge in [-0.1, -0.05) is 39.0 Å². The van der Waals surface area contributed by atoms with Crippen LogP contribution in [-0.4, -0.2) is 19.5 Å². The van der Waals surface area contributed by atoms with E-state index in [4.69, 9.17) is 10.5 Å². The molecule has 0 aliphatic rings. The number of ether oxygens (including phenoxy) is 1. The summed E-state index contributed by atoms with van der Waals surface area (Å²) in [5.41, 5.74) is 7.02. The Kier molecular flexibility index (Phi) is 4.55. The lowest BCUT2D eigenvalue weighted by Gasteiger charge is -2.17. The Bertz CT molecular complexity index is 391. The number of amidine groups is 1. The van der Waals surface area contributed by atoms with Gasteiger partial charge in [0.25, 0.3) is 0 Å². The van der Waals surface area contributed by atoms with Crippen molar-refractivity contribution >= 4 is 5.84 Å². The molecule has 0 heterocycles. The largest absolute Gasteiger partial charge is 0.496 e. The molecule has 17 heavy (non-hydrogen) atoms. The number of methoxy groups -OCH3 is 1. The Morgan fingerprint density at radius 3 is 2.53 bits per heavy atom. The molecule has 0 aliphatic carbocycles. The zero-order valence-electron chi connectivity index (χ0n) is 11.2. The highest BCUT2D eigenvalue weighted by molar-refractivity contribution is 5.85. The second kappa shape index (κ2) is 5.71. The molecule has 0 saturated carbocycles. The van der Waals surface area contributed by atoms with Crippen molar-refractivity contribution in [3.8, 4) is 5.75 Å². The van der Waals surface area contributed by atoms with Gasteiger partial charge in [-0.2, -0.15) is 0 Å². The number of nitrogens with zero attached hydrogens (tertiary/aromatic N) is 1. The van der Waals surface area contributed by atoms with Gasteiger partial charge in [0.1, 0.15) is 5.75 Å². The SMILES string of the molecule is COc1ccccc1CCN=C(N)C(C)(C)C. The molecular weight excluding hydrogens is 212 g/mol. The maximum atomic E-state index is 5.90. The third kappa shape index (κ3) is 4.10. The van der Waals surface area contributed by atoms with Crippen LogP contribution in [0.5, 0.6) is 5.75 Å². The van der Waals surface area contributed by atoms with Gasteiger partial charge in [-0.3, -0.25) is 4.99 Å². The Morgan fingerprint density at radius 1 is 1.29 bits per heavy atom. The Hall–Kier alpha value is -1.51. The van der Waals surface area contributed by atoms with E-state index in [0.29, 0.717) is 12.4 Å². The zero-order chi connectivity index (χ0) is 12.9. The first-order valence-corrected chi connectivity index (χ1v) is 5.87. The van der Waals surface area contributed by atoms with Crippen LogP contribution in [0.3, 0.4) is 0 Å². The fourth-order valence-electron chi connectivity index (χ4n) is 1.44. The highest BCUT2D eigenvalue weighted by Gasteiger charge is 2.14. The van der Waals surface area contributed by atoms with Gasteiger partial charge in [0.15, 0.2) is 0 Å². The molecule has 1 aromatic rings. The number of aliphatic imine (C=N–C) groups is 1. The molecule has 3 nitrogen and oxygen atoms in total. The average Bonchev–Trinajstić information content (AvgIpc) is 2.28. The molecule has 1 rings (SSSR count). The van der Waals surface area contributed by atoms with Crippen LogP contribution in [0.15, 0.2) is 29.3 Å². The predicted molar refractivity (Wildman–Crippen MR) is 72.6 cm³/mol. The molecule has 2 N–H and O–H groups in total. The lowest BCUT2D eigenvalue weighted by Crippen LogP contribution is -2.29. The van der Waals surface area contributed by atoms with Crippen molar-refractivity contribution in [3.05, 3.63) is 29.8 Å². The number of benzene rings is 1. The summed E-state index contributed by atoms with van der Waals surface area (Å²) >= 11 is 0. The Balaban J connectivity index is 2.63. The van der Waals surface area contributed by atoms with Crippen molar-refractivity contribution in [2.45, 2.75) is 27.2 Å². The lowest BCUT2D eigenvalue weighted by molar-refractivity contribution is 0.410. The third-order valence-electron chi connectivity index (χ3n) is 2.62. The fourth-order valence-corrected chi connectivity index (χ4v) is 1.44. The second-order valence-electron chi connectivity index (χ2n) is 5.08. The first kappa shape index (κ1) is 13.6. The summed E-state index contributed by atoms with van der Waals surface area (Å²) in [5.74, 6) is 1.62. The van der Waals surface area contributed by atoms with E-state index >= 15 is 0 Å². The third-order valence-corrected chi connectivity index (χ3v) is 2.62. The van der Waals surface area contributed by atoms with Crippen LogP contribution in [0.2, 0.25) is 0 Å². The summed E-state index contributed by atoms with van der Waals surface area (Å²) in [6.07, 6.45) is 0.848. The van der Waals surface area contributed by atoms with Crippen LogP contribution in [-0.2, 0) is 6.42 Å². The molecule has 0 atom stereocenters. The monoisotopic (exact) mass is 234 g/mol. The number of para-hydroxylation sites is 1. The number of rotatable bonds is 4. The first-order chi connectivity index (χ1) is 7.95. The van der Waals surface area contributed by atoms with E-state index in [1.165, 1.54) is 5.56 Å². The molecular formula is C14H22N2O. The minimum atomic E-state index is -0.0548. The van der Waals surface area contributed by atoms with Gasteiger partial charge in [-0.15, -0.1) is 0 Å². The molecule has 0 spiro atoms. The average molecular weight is 234 g/mol. The maximum absolute atomic E-state index is 5.90. The fraction of sp³-hybridized carbons (Fsp3) is 0.500. The van der Waals surface area contributed by atoms with E-state index in [0.717, 1.165) is 12.2 Å². The van der Waals surface area contributed by atoms with Gasteiger partial charge in [0, 0.05) is 12.0 Å². The van der Waals surface area contributed by atoms with E-state index in [1.54, 1.807) is 7.11 Å². The molecule has 0 aliphatic heterocycles. The Labute approximate surface area is 104 Å². The molecule has 0 radical (unpaired) electrons. The van der Waals surface area contributed by atoms with E-state index in [-0.39, 0.29) is 5.41 Å². The second-order valence-corrected chi connectivity index (χ2v) is 5.08. The van der Waals surface area contributed by atoms with Crippen molar-refractivity contribution in [2.24, 2.45) is 16.1 Å². The van der Waals surface area contributed by atoms with Gasteiger partial charge < -0.3 is 10.5 Å². The minimum Gasteiger partial charge on any atom is -0.496 e. The van der Waals surface area contributed by atoms with Crippen LogP contribution in [0.4, 0.5) is 0 Å². The molecule has 0 unspecified atom stereocenters. The molecule has 0 amide bonds. The summed E-state index contributed by atoms with van der Waals surface area (Å²) in [7, 11) is 1.69. The van der Waals surface area contributed by atoms with Gasteiger partial charge in [0.05, 0.1) is 12.9 Å². The highest BCUT2D eigenvalue weighted by Crippen LogP contribution is 2.18. The van der Waals surface area contributed by atoms with E-state index in [2.05, 4.69) is 31.8 Å². The molecule has 3 heteroatoms. The van der Waals surface area contributed by atoms with Crippen molar-refractivity contribution in [2.75, 3.05) is 13.7 Å². The summed E-state index contributed by atoms with van der Waals surface area (Å²) in [6.45, 7) is 6.89. The van der Waals surface area contributed by atoms with Crippen LogP contribution >= 0.6 is 0 Å². The number of hydrogen-bond donors (Lipinski definition) is 1. The van der Waals surface area contributed by atoms with E-state index < -0.39 is 0 Å². The summed E-state index contributed by atoms with van der Waals surface area (Å²) < 4.78 is 5.29. The van der Waals surface area contributed by atoms with Crippen molar-refractivity contribution in [1.29, 1.82) is 0 Å². The molecule has 94 valence electrons. The topological polar surface area (TPSA) is 47.6 Å². The summed E-state index contributed by atoms with van der Waals surface area (Å²) in [6, 6.07) is 8.00. The van der Waals surface area contributed by atoms with Crippen LogP contribution in [0, 0.1) is 5.41 Å². The van der Waals surface area contributed by atoms with Crippen molar-refractivity contribution < 1.29 is 4.74 Å². The van der Waals surface area contributed by atoms with Gasteiger partial charge in [-0.25, -0.2) is 0 Å². The first-order valence-electron chi connectivity index (χ1n) is 5.87. The smallest absolute Gasteiger partial charge is 0.122 e. The van der Waals surface area contributed by atoms with Crippen LogP contribution in [0.1, 0.15) is 26.3 Å². The maximum Gasteiger partial charge on any atom is 0.122 e. The summed E-state index contributed by atoms with van der Waals surface area (Å²) in [4.78, 5) is 4.40. The molecule has 0 bridgehead atoms. The van der Waals surface area contributed by atoms with Crippen LogP contribution in [0.25, 0.3) is 0 Å². The van der Waals surface area contributed by atoms with Gasteiger partial charge in [0.2, 0.25) is 0 Å². The Morgan fingerprint density at radius 2 is 1.94 bits per heavy atom. The quantitative estimate of drug-likeness (QED) is 0.643. The van der Waals surface area contributed by atoms with Gasteiger partial charge >= 0.3 is 0 Å². The molecule has 0 fully saturated rings.